The maximum Gasteiger partial charge on any atom is 0.243 e. The van der Waals surface area contributed by atoms with Crippen LogP contribution in [0.25, 0.3) is 0 Å². The van der Waals surface area contributed by atoms with Gasteiger partial charge in [0.25, 0.3) is 0 Å². The number of hydrogen-bond acceptors (Lipinski definition) is 5. The van der Waals surface area contributed by atoms with Gasteiger partial charge in [0.1, 0.15) is 11.6 Å². The number of nitrogens with zero attached hydrogens (tertiary/aromatic N) is 4. The first-order valence-electron chi connectivity index (χ1n) is 5.55. The molecule has 0 aromatic carbocycles. The van der Waals surface area contributed by atoms with Crippen LogP contribution < -0.4 is 5.73 Å². The highest BCUT2D eigenvalue weighted by Crippen LogP contribution is 2.16. The minimum absolute atomic E-state index is 0.122. The van der Waals surface area contributed by atoms with Crippen molar-refractivity contribution in [1.29, 1.82) is 0 Å². The van der Waals surface area contributed by atoms with E-state index in [1.165, 1.54) is 29.7 Å². The third kappa shape index (κ3) is 2.74. The molecule has 0 spiro atoms. The van der Waals surface area contributed by atoms with Crippen LogP contribution in [-0.4, -0.2) is 34.3 Å². The van der Waals surface area contributed by atoms with Crippen LogP contribution in [0.5, 0.6) is 0 Å². The molecule has 2 aromatic heterocycles. The van der Waals surface area contributed by atoms with Crippen molar-refractivity contribution in [2.24, 2.45) is 7.05 Å². The van der Waals surface area contributed by atoms with Gasteiger partial charge >= 0.3 is 0 Å². The van der Waals surface area contributed by atoms with Gasteiger partial charge in [0.05, 0.1) is 11.4 Å². The molecular formula is C11H15N5O2S. The number of imidazole rings is 1. The Balaban J connectivity index is 2.27. The normalized spacial score (nSPS) is 11.9. The molecule has 102 valence electrons. The van der Waals surface area contributed by atoms with E-state index in [9.17, 15) is 8.42 Å². The van der Waals surface area contributed by atoms with Crippen molar-refractivity contribution in [3.63, 3.8) is 0 Å². The average molecular weight is 281 g/mol. The Hall–Kier alpha value is -1.93. The number of hydrogen-bond donors (Lipinski definition) is 1. The fraction of sp³-hybridized carbons (Fsp3) is 0.273. The first kappa shape index (κ1) is 13.5. The van der Waals surface area contributed by atoms with Gasteiger partial charge in [-0.3, -0.25) is 0 Å². The number of sulfonamides is 1. The molecule has 0 radical (unpaired) electrons. The lowest BCUT2D eigenvalue weighted by Crippen LogP contribution is -2.27. The number of aromatic nitrogens is 3. The summed E-state index contributed by atoms with van der Waals surface area (Å²) in [4.78, 5) is 8.00. The van der Waals surface area contributed by atoms with Crippen molar-refractivity contribution >= 4 is 15.8 Å². The standard InChI is InChI=1S/C11H15N5O2S/c1-15-6-5-14-11(15)8-16(2)19(17,18)9-3-4-13-10(12)7-9/h3-7H,8H2,1-2H3,(H2,12,13). The molecule has 0 bridgehead atoms. The van der Waals surface area contributed by atoms with E-state index in [-0.39, 0.29) is 17.3 Å². The first-order chi connectivity index (χ1) is 8.91. The van der Waals surface area contributed by atoms with Crippen LogP contribution >= 0.6 is 0 Å². The second kappa shape index (κ2) is 4.98. The number of aryl methyl sites for hydroxylation is 1. The topological polar surface area (TPSA) is 94.1 Å². The second-order valence-electron chi connectivity index (χ2n) is 4.13. The fourth-order valence-corrected chi connectivity index (χ4v) is 2.75. The maximum atomic E-state index is 12.3. The molecule has 0 saturated carbocycles. The van der Waals surface area contributed by atoms with Crippen LogP contribution in [0, 0.1) is 0 Å². The molecule has 2 heterocycles. The molecule has 8 heteroatoms. The highest BCUT2D eigenvalue weighted by molar-refractivity contribution is 7.89. The highest BCUT2D eigenvalue weighted by Gasteiger charge is 2.22. The molecule has 2 rings (SSSR count). The van der Waals surface area contributed by atoms with Gasteiger partial charge in [-0.2, -0.15) is 4.31 Å². The molecular weight excluding hydrogens is 266 g/mol. The van der Waals surface area contributed by atoms with Crippen LogP contribution in [0.4, 0.5) is 5.82 Å². The summed E-state index contributed by atoms with van der Waals surface area (Å²) in [7, 11) is -0.281. The summed E-state index contributed by atoms with van der Waals surface area (Å²) in [6.45, 7) is 0.189. The predicted molar refractivity (Wildman–Crippen MR) is 70.5 cm³/mol. The summed E-state index contributed by atoms with van der Waals surface area (Å²) < 4.78 is 27.7. The van der Waals surface area contributed by atoms with Gasteiger partial charge in [-0.15, -0.1) is 0 Å². The minimum atomic E-state index is -3.59. The summed E-state index contributed by atoms with van der Waals surface area (Å²) in [6.07, 6.45) is 4.76. The molecule has 0 aliphatic carbocycles. The van der Waals surface area contributed by atoms with Crippen molar-refractivity contribution in [2.45, 2.75) is 11.4 Å². The Labute approximate surface area is 111 Å². The van der Waals surface area contributed by atoms with E-state index in [2.05, 4.69) is 9.97 Å². The largest absolute Gasteiger partial charge is 0.384 e. The molecule has 2 aromatic rings. The fourth-order valence-electron chi connectivity index (χ4n) is 1.60. The summed E-state index contributed by atoms with van der Waals surface area (Å²) in [5.41, 5.74) is 5.51. The zero-order chi connectivity index (χ0) is 14.0. The summed E-state index contributed by atoms with van der Waals surface area (Å²) >= 11 is 0. The Morgan fingerprint density at radius 2 is 2.11 bits per heavy atom. The molecule has 0 fully saturated rings. The molecule has 0 unspecified atom stereocenters. The van der Waals surface area contributed by atoms with Crippen LogP contribution in [0.3, 0.4) is 0 Å². The molecule has 0 amide bonds. The van der Waals surface area contributed by atoms with Crippen LogP contribution in [0.15, 0.2) is 35.6 Å². The van der Waals surface area contributed by atoms with Gasteiger partial charge in [-0.25, -0.2) is 18.4 Å². The zero-order valence-corrected chi connectivity index (χ0v) is 11.5. The molecule has 0 aliphatic heterocycles. The molecule has 2 N–H and O–H groups in total. The lowest BCUT2D eigenvalue weighted by atomic mass is 10.5. The summed E-state index contributed by atoms with van der Waals surface area (Å²) in [5.74, 6) is 0.833. The molecule has 0 aliphatic rings. The third-order valence-corrected chi connectivity index (χ3v) is 4.55. The molecule has 0 saturated heterocycles. The van der Waals surface area contributed by atoms with E-state index in [0.29, 0.717) is 5.82 Å². The number of rotatable bonds is 4. The van der Waals surface area contributed by atoms with E-state index in [1.54, 1.807) is 17.0 Å². The van der Waals surface area contributed by atoms with Gasteiger partial charge in [0.15, 0.2) is 0 Å². The smallest absolute Gasteiger partial charge is 0.243 e. The van der Waals surface area contributed by atoms with Crippen molar-refractivity contribution in [1.82, 2.24) is 18.8 Å². The van der Waals surface area contributed by atoms with Crippen LogP contribution in [0.2, 0.25) is 0 Å². The third-order valence-electron chi connectivity index (χ3n) is 2.75. The van der Waals surface area contributed by atoms with E-state index in [0.717, 1.165) is 0 Å². The van der Waals surface area contributed by atoms with Crippen molar-refractivity contribution in [3.8, 4) is 0 Å². The summed E-state index contributed by atoms with van der Waals surface area (Å²) in [6, 6.07) is 2.75. The average Bonchev–Trinajstić information content (AvgIpc) is 2.75. The Morgan fingerprint density at radius 1 is 1.37 bits per heavy atom. The molecule has 7 nitrogen and oxygen atoms in total. The number of nitrogens with two attached hydrogens (primary N) is 1. The van der Waals surface area contributed by atoms with Gasteiger partial charge in [-0.05, 0) is 6.07 Å². The van der Waals surface area contributed by atoms with Gasteiger partial charge in [-0.1, -0.05) is 0 Å². The zero-order valence-electron chi connectivity index (χ0n) is 10.7. The van der Waals surface area contributed by atoms with Crippen molar-refractivity contribution in [2.75, 3.05) is 12.8 Å². The second-order valence-corrected chi connectivity index (χ2v) is 6.18. The Morgan fingerprint density at radius 3 is 2.68 bits per heavy atom. The van der Waals surface area contributed by atoms with Crippen LogP contribution in [0.1, 0.15) is 5.82 Å². The Kier molecular flexibility index (Phi) is 3.54. The van der Waals surface area contributed by atoms with Gasteiger partial charge in [0.2, 0.25) is 10.0 Å². The van der Waals surface area contributed by atoms with E-state index in [1.807, 2.05) is 7.05 Å². The molecule has 0 atom stereocenters. The number of pyridine rings is 1. The number of nitrogen functional groups attached to an aromatic ring is 1. The summed E-state index contributed by atoms with van der Waals surface area (Å²) in [5, 5.41) is 0. The quantitative estimate of drug-likeness (QED) is 0.865. The molecule has 19 heavy (non-hydrogen) atoms. The van der Waals surface area contributed by atoms with Gasteiger partial charge < -0.3 is 10.3 Å². The van der Waals surface area contributed by atoms with E-state index in [4.69, 9.17) is 5.73 Å². The lowest BCUT2D eigenvalue weighted by molar-refractivity contribution is 0.451. The van der Waals surface area contributed by atoms with E-state index < -0.39 is 10.0 Å². The van der Waals surface area contributed by atoms with Gasteiger partial charge in [0, 0.05) is 38.8 Å². The monoisotopic (exact) mass is 281 g/mol. The maximum absolute atomic E-state index is 12.3. The SMILES string of the molecule is CN(Cc1nccn1C)S(=O)(=O)c1ccnc(N)c1. The van der Waals surface area contributed by atoms with E-state index >= 15 is 0 Å². The first-order valence-corrected chi connectivity index (χ1v) is 6.99. The minimum Gasteiger partial charge on any atom is -0.384 e. The number of anilines is 1. The Bertz CT molecular complexity index is 680. The predicted octanol–water partition coefficient (Wildman–Crippen LogP) is 0.218. The van der Waals surface area contributed by atoms with Crippen molar-refractivity contribution in [3.05, 3.63) is 36.5 Å². The van der Waals surface area contributed by atoms with Crippen LogP contribution in [-0.2, 0) is 23.6 Å². The highest BCUT2D eigenvalue weighted by atomic mass is 32.2. The van der Waals surface area contributed by atoms with Crippen molar-refractivity contribution < 1.29 is 8.42 Å². The lowest BCUT2D eigenvalue weighted by Gasteiger charge is -2.17.